The van der Waals surface area contributed by atoms with Crippen molar-refractivity contribution in [3.63, 3.8) is 0 Å². The summed E-state index contributed by atoms with van der Waals surface area (Å²) in [5, 5.41) is 3.69. The van der Waals surface area contributed by atoms with Crippen LogP contribution in [-0.4, -0.2) is 38.1 Å². The third-order valence-electron chi connectivity index (χ3n) is 4.19. The summed E-state index contributed by atoms with van der Waals surface area (Å²) in [4.78, 5) is 2.57. The summed E-state index contributed by atoms with van der Waals surface area (Å²) in [7, 11) is 2.31. The Morgan fingerprint density at radius 1 is 1.11 bits per heavy atom. The summed E-state index contributed by atoms with van der Waals surface area (Å²) < 4.78 is 0. The second-order valence-electron chi connectivity index (χ2n) is 7.97. The van der Waals surface area contributed by atoms with E-state index >= 15 is 0 Å². The molecule has 0 bridgehead atoms. The average Bonchev–Trinajstić information content (AvgIpc) is 2.27. The van der Waals surface area contributed by atoms with E-state index in [-0.39, 0.29) is 0 Å². The first-order valence-electron chi connectivity index (χ1n) is 8.26. The minimum absolute atomic E-state index is 0.404. The van der Waals surface area contributed by atoms with Crippen molar-refractivity contribution >= 4 is 0 Å². The van der Waals surface area contributed by atoms with Crippen LogP contribution in [0.25, 0.3) is 0 Å². The highest BCUT2D eigenvalue weighted by Gasteiger charge is 2.33. The molecular weight excluding hydrogens is 232 g/mol. The van der Waals surface area contributed by atoms with Gasteiger partial charge in [-0.05, 0) is 43.7 Å². The minimum Gasteiger partial charge on any atom is -0.316 e. The standard InChI is InChI=1S/C17H36N2/c1-6-12-18-13-17(10-8-7-9-11-17)15-19(5)14-16(2,3)4/h18H,6-15H2,1-5H3. The maximum absolute atomic E-state index is 3.69. The molecule has 0 spiro atoms. The Hall–Kier alpha value is -0.0800. The van der Waals surface area contributed by atoms with Crippen molar-refractivity contribution in [2.24, 2.45) is 10.8 Å². The van der Waals surface area contributed by atoms with Crippen LogP contribution >= 0.6 is 0 Å². The fourth-order valence-electron chi connectivity index (χ4n) is 3.66. The van der Waals surface area contributed by atoms with Crippen LogP contribution in [0.4, 0.5) is 0 Å². The highest BCUT2D eigenvalue weighted by molar-refractivity contribution is 4.88. The molecule has 1 saturated carbocycles. The number of hydrogen-bond donors (Lipinski definition) is 1. The van der Waals surface area contributed by atoms with Gasteiger partial charge in [0.15, 0.2) is 0 Å². The Bertz CT molecular complexity index is 236. The molecule has 19 heavy (non-hydrogen) atoms. The summed E-state index contributed by atoms with van der Waals surface area (Å²) in [6.07, 6.45) is 8.37. The minimum atomic E-state index is 0.404. The molecule has 0 unspecified atom stereocenters. The molecular formula is C17H36N2. The molecule has 0 aromatic heterocycles. The van der Waals surface area contributed by atoms with E-state index in [2.05, 4.69) is 45.0 Å². The van der Waals surface area contributed by atoms with Crippen LogP contribution in [0.5, 0.6) is 0 Å². The van der Waals surface area contributed by atoms with E-state index in [1.807, 2.05) is 0 Å². The molecule has 0 aromatic carbocycles. The molecule has 0 aliphatic heterocycles. The van der Waals surface area contributed by atoms with Crippen molar-refractivity contribution in [1.82, 2.24) is 10.2 Å². The Morgan fingerprint density at radius 3 is 2.26 bits per heavy atom. The lowest BCUT2D eigenvalue weighted by atomic mass is 9.73. The zero-order valence-electron chi connectivity index (χ0n) is 14.0. The third kappa shape index (κ3) is 6.76. The van der Waals surface area contributed by atoms with Gasteiger partial charge in [-0.2, -0.15) is 0 Å². The van der Waals surface area contributed by atoms with Gasteiger partial charge in [-0.1, -0.05) is 47.0 Å². The zero-order chi connectivity index (χ0) is 14.4. The number of nitrogens with zero attached hydrogens (tertiary/aromatic N) is 1. The van der Waals surface area contributed by atoms with E-state index in [9.17, 15) is 0 Å². The van der Waals surface area contributed by atoms with Gasteiger partial charge < -0.3 is 10.2 Å². The van der Waals surface area contributed by atoms with Gasteiger partial charge in [-0.15, -0.1) is 0 Å². The largest absolute Gasteiger partial charge is 0.316 e. The van der Waals surface area contributed by atoms with E-state index < -0.39 is 0 Å². The van der Waals surface area contributed by atoms with E-state index in [1.165, 1.54) is 64.7 Å². The fourth-order valence-corrected chi connectivity index (χ4v) is 3.66. The first kappa shape index (κ1) is 17.0. The van der Waals surface area contributed by atoms with E-state index in [4.69, 9.17) is 0 Å². The van der Waals surface area contributed by atoms with Crippen LogP contribution in [0.15, 0.2) is 0 Å². The van der Waals surface area contributed by atoms with Gasteiger partial charge in [-0.3, -0.25) is 0 Å². The number of rotatable bonds is 7. The summed E-state index contributed by atoms with van der Waals surface area (Å²) in [5.74, 6) is 0. The SMILES string of the molecule is CCCNCC1(CN(C)CC(C)(C)C)CCCCC1. The van der Waals surface area contributed by atoms with Gasteiger partial charge in [-0.25, -0.2) is 0 Å². The number of hydrogen-bond acceptors (Lipinski definition) is 2. The van der Waals surface area contributed by atoms with E-state index in [0.717, 1.165) is 0 Å². The van der Waals surface area contributed by atoms with E-state index in [1.54, 1.807) is 0 Å². The van der Waals surface area contributed by atoms with Crippen LogP contribution in [0, 0.1) is 10.8 Å². The monoisotopic (exact) mass is 268 g/mol. The Kier molecular flexibility index (Phi) is 6.82. The summed E-state index contributed by atoms with van der Waals surface area (Å²) in [6, 6.07) is 0. The molecule has 114 valence electrons. The first-order chi connectivity index (χ1) is 8.87. The Morgan fingerprint density at radius 2 is 1.74 bits per heavy atom. The molecule has 2 nitrogen and oxygen atoms in total. The molecule has 1 rings (SSSR count). The lowest BCUT2D eigenvalue weighted by Gasteiger charge is -2.42. The predicted molar refractivity (Wildman–Crippen MR) is 85.6 cm³/mol. The summed E-state index contributed by atoms with van der Waals surface area (Å²) >= 11 is 0. The molecule has 0 aromatic rings. The van der Waals surface area contributed by atoms with Gasteiger partial charge in [0.25, 0.3) is 0 Å². The van der Waals surface area contributed by atoms with Crippen molar-refractivity contribution in [2.75, 3.05) is 33.2 Å². The van der Waals surface area contributed by atoms with Crippen LogP contribution in [-0.2, 0) is 0 Å². The smallest absolute Gasteiger partial charge is 0.00473 e. The molecule has 1 fully saturated rings. The molecule has 2 heteroatoms. The van der Waals surface area contributed by atoms with Gasteiger partial charge >= 0.3 is 0 Å². The molecule has 0 radical (unpaired) electrons. The molecule has 1 aliphatic rings. The third-order valence-corrected chi connectivity index (χ3v) is 4.19. The lowest BCUT2D eigenvalue weighted by molar-refractivity contribution is 0.0976. The fraction of sp³-hybridized carbons (Fsp3) is 1.00. The zero-order valence-corrected chi connectivity index (χ0v) is 14.0. The number of nitrogens with one attached hydrogen (secondary N) is 1. The molecule has 0 heterocycles. The normalized spacial score (nSPS) is 19.9. The van der Waals surface area contributed by atoms with Crippen molar-refractivity contribution in [3.05, 3.63) is 0 Å². The summed E-state index contributed by atoms with van der Waals surface area (Å²) in [6.45, 7) is 14.1. The average molecular weight is 268 g/mol. The van der Waals surface area contributed by atoms with Gasteiger partial charge in [0.1, 0.15) is 0 Å². The molecule has 0 amide bonds. The Labute approximate surface area is 121 Å². The van der Waals surface area contributed by atoms with Crippen LogP contribution in [0.3, 0.4) is 0 Å². The second kappa shape index (κ2) is 7.64. The van der Waals surface area contributed by atoms with Crippen molar-refractivity contribution in [2.45, 2.75) is 66.2 Å². The van der Waals surface area contributed by atoms with Crippen molar-refractivity contribution in [1.29, 1.82) is 0 Å². The van der Waals surface area contributed by atoms with Gasteiger partial charge in [0, 0.05) is 19.6 Å². The molecule has 1 N–H and O–H groups in total. The van der Waals surface area contributed by atoms with Crippen molar-refractivity contribution < 1.29 is 0 Å². The van der Waals surface area contributed by atoms with Crippen LogP contribution < -0.4 is 5.32 Å². The topological polar surface area (TPSA) is 15.3 Å². The predicted octanol–water partition coefficient (Wildman–Crippen LogP) is 3.91. The van der Waals surface area contributed by atoms with Gasteiger partial charge in [0.05, 0.1) is 0 Å². The highest BCUT2D eigenvalue weighted by Crippen LogP contribution is 2.36. The van der Waals surface area contributed by atoms with Crippen LogP contribution in [0.1, 0.15) is 66.2 Å². The lowest BCUT2D eigenvalue weighted by Crippen LogP contribution is -2.46. The van der Waals surface area contributed by atoms with Crippen LogP contribution in [0.2, 0.25) is 0 Å². The molecule has 1 aliphatic carbocycles. The van der Waals surface area contributed by atoms with Gasteiger partial charge in [0.2, 0.25) is 0 Å². The maximum atomic E-state index is 3.69. The second-order valence-corrected chi connectivity index (χ2v) is 7.97. The Balaban J connectivity index is 2.53. The first-order valence-corrected chi connectivity index (χ1v) is 8.26. The van der Waals surface area contributed by atoms with Crippen molar-refractivity contribution in [3.8, 4) is 0 Å². The molecule has 0 saturated heterocycles. The summed E-state index contributed by atoms with van der Waals surface area (Å²) in [5.41, 5.74) is 0.939. The van der Waals surface area contributed by atoms with E-state index in [0.29, 0.717) is 10.8 Å². The maximum Gasteiger partial charge on any atom is 0.00473 e. The quantitative estimate of drug-likeness (QED) is 0.704. The molecule has 0 atom stereocenters. The highest BCUT2D eigenvalue weighted by atomic mass is 15.1.